The van der Waals surface area contributed by atoms with Crippen molar-refractivity contribution in [2.24, 2.45) is 0 Å². The summed E-state index contributed by atoms with van der Waals surface area (Å²) in [7, 11) is 1.62. The first-order valence-corrected chi connectivity index (χ1v) is 8.88. The molecule has 1 saturated heterocycles. The van der Waals surface area contributed by atoms with Crippen molar-refractivity contribution in [2.75, 3.05) is 50.1 Å². The minimum atomic E-state index is -0.271. The number of carbonyl (C=O) groups is 1. The van der Waals surface area contributed by atoms with E-state index in [4.69, 9.17) is 9.47 Å². The summed E-state index contributed by atoms with van der Waals surface area (Å²) in [5.41, 5.74) is 1.88. The van der Waals surface area contributed by atoms with Crippen LogP contribution >= 0.6 is 0 Å². The van der Waals surface area contributed by atoms with Crippen LogP contribution in [0.15, 0.2) is 24.4 Å². The smallest absolute Gasteiger partial charge is 0.409 e. The molecule has 0 saturated carbocycles. The zero-order valence-electron chi connectivity index (χ0n) is 15.8. The van der Waals surface area contributed by atoms with Gasteiger partial charge >= 0.3 is 6.09 Å². The maximum atomic E-state index is 11.8. The van der Waals surface area contributed by atoms with E-state index in [1.54, 1.807) is 25.1 Å². The third-order valence-corrected chi connectivity index (χ3v) is 4.28. The van der Waals surface area contributed by atoms with Gasteiger partial charge in [0.1, 0.15) is 5.75 Å². The van der Waals surface area contributed by atoms with Crippen molar-refractivity contribution in [3.63, 3.8) is 0 Å². The standard InChI is InChI=1S/C18H24N6O3/c1-4-27-18(25)24-9-7-23(8-10-24)16-12-19-22-17(21-16)20-14-11-13(2)5-6-15(14)26-3/h5-6,11-12H,4,7-10H2,1-3H3,(H,20,21,22). The van der Waals surface area contributed by atoms with Gasteiger partial charge in [0.05, 0.1) is 25.6 Å². The Morgan fingerprint density at radius 3 is 2.74 bits per heavy atom. The highest BCUT2D eigenvalue weighted by Gasteiger charge is 2.23. The summed E-state index contributed by atoms with van der Waals surface area (Å²) < 4.78 is 10.4. The van der Waals surface area contributed by atoms with E-state index >= 15 is 0 Å². The third kappa shape index (κ3) is 4.55. The van der Waals surface area contributed by atoms with E-state index in [9.17, 15) is 4.79 Å². The lowest BCUT2D eigenvalue weighted by Crippen LogP contribution is -2.49. The number of benzene rings is 1. The first kappa shape index (κ1) is 18.7. The Kier molecular flexibility index (Phi) is 5.90. The topological polar surface area (TPSA) is 92.7 Å². The number of methoxy groups -OCH3 is 1. The fourth-order valence-corrected chi connectivity index (χ4v) is 2.87. The van der Waals surface area contributed by atoms with Crippen LogP contribution in [0.25, 0.3) is 0 Å². The molecule has 0 atom stereocenters. The minimum Gasteiger partial charge on any atom is -0.495 e. The molecule has 0 bridgehead atoms. The van der Waals surface area contributed by atoms with Crippen LogP contribution in [-0.2, 0) is 4.74 Å². The largest absolute Gasteiger partial charge is 0.495 e. The lowest BCUT2D eigenvalue weighted by atomic mass is 10.2. The second kappa shape index (κ2) is 8.52. The Morgan fingerprint density at radius 2 is 2.04 bits per heavy atom. The number of piperazine rings is 1. The van der Waals surface area contributed by atoms with Gasteiger partial charge in [0.2, 0.25) is 5.95 Å². The SMILES string of the molecule is CCOC(=O)N1CCN(c2cnnc(Nc3cc(C)ccc3OC)n2)CC1. The number of aromatic nitrogens is 3. The van der Waals surface area contributed by atoms with E-state index < -0.39 is 0 Å². The molecule has 2 heterocycles. The van der Waals surface area contributed by atoms with Gasteiger partial charge in [-0.1, -0.05) is 6.07 Å². The zero-order valence-corrected chi connectivity index (χ0v) is 15.8. The molecule has 0 aliphatic carbocycles. The average molecular weight is 372 g/mol. The number of carbonyl (C=O) groups excluding carboxylic acids is 1. The van der Waals surface area contributed by atoms with Crippen LogP contribution in [0.1, 0.15) is 12.5 Å². The number of anilines is 3. The van der Waals surface area contributed by atoms with Crippen molar-refractivity contribution in [1.82, 2.24) is 20.1 Å². The highest BCUT2D eigenvalue weighted by Crippen LogP contribution is 2.27. The van der Waals surface area contributed by atoms with Gasteiger partial charge in [-0.05, 0) is 31.5 Å². The average Bonchev–Trinajstić information content (AvgIpc) is 2.69. The molecule has 0 radical (unpaired) electrons. The highest BCUT2D eigenvalue weighted by molar-refractivity contribution is 5.68. The number of hydrogen-bond acceptors (Lipinski definition) is 8. The van der Waals surface area contributed by atoms with E-state index in [0.717, 1.165) is 11.3 Å². The molecule has 1 aromatic heterocycles. The van der Waals surface area contributed by atoms with E-state index in [-0.39, 0.29) is 6.09 Å². The van der Waals surface area contributed by atoms with Crippen molar-refractivity contribution in [1.29, 1.82) is 0 Å². The summed E-state index contributed by atoms with van der Waals surface area (Å²) in [5.74, 6) is 1.81. The molecule has 0 spiro atoms. The summed E-state index contributed by atoms with van der Waals surface area (Å²) in [6.07, 6.45) is 1.35. The van der Waals surface area contributed by atoms with Crippen molar-refractivity contribution in [2.45, 2.75) is 13.8 Å². The van der Waals surface area contributed by atoms with Crippen molar-refractivity contribution >= 4 is 23.5 Å². The Balaban J connectivity index is 1.68. The van der Waals surface area contributed by atoms with Gasteiger partial charge in [0.15, 0.2) is 5.82 Å². The molecule has 3 rings (SSSR count). The number of aryl methyl sites for hydroxylation is 1. The van der Waals surface area contributed by atoms with Gasteiger partial charge < -0.3 is 24.6 Å². The van der Waals surface area contributed by atoms with Gasteiger partial charge in [-0.2, -0.15) is 10.1 Å². The number of nitrogens with one attached hydrogen (secondary N) is 1. The van der Waals surface area contributed by atoms with Crippen LogP contribution in [0.5, 0.6) is 5.75 Å². The number of hydrogen-bond donors (Lipinski definition) is 1. The normalized spacial score (nSPS) is 14.0. The van der Waals surface area contributed by atoms with Crippen LogP contribution in [0.3, 0.4) is 0 Å². The van der Waals surface area contributed by atoms with Crippen LogP contribution in [0.4, 0.5) is 22.2 Å². The molecular weight excluding hydrogens is 348 g/mol. The number of ether oxygens (including phenoxy) is 2. The Morgan fingerprint density at radius 1 is 1.26 bits per heavy atom. The number of rotatable bonds is 5. The fraction of sp³-hybridized carbons (Fsp3) is 0.444. The molecule has 9 nitrogen and oxygen atoms in total. The predicted octanol–water partition coefficient (Wildman–Crippen LogP) is 2.21. The molecule has 9 heteroatoms. The Labute approximate surface area is 158 Å². The first-order valence-electron chi connectivity index (χ1n) is 8.88. The third-order valence-electron chi connectivity index (χ3n) is 4.28. The molecule has 1 aromatic carbocycles. The molecular formula is C18H24N6O3. The van der Waals surface area contributed by atoms with Gasteiger partial charge in [-0.25, -0.2) is 4.79 Å². The molecule has 0 unspecified atom stereocenters. The second-order valence-corrected chi connectivity index (χ2v) is 6.14. The van der Waals surface area contributed by atoms with Gasteiger partial charge in [-0.3, -0.25) is 0 Å². The summed E-state index contributed by atoms with van der Waals surface area (Å²) >= 11 is 0. The van der Waals surface area contributed by atoms with Crippen molar-refractivity contribution < 1.29 is 14.3 Å². The lowest BCUT2D eigenvalue weighted by molar-refractivity contribution is 0.105. The van der Waals surface area contributed by atoms with Gasteiger partial charge in [-0.15, -0.1) is 5.10 Å². The molecule has 1 amide bonds. The maximum absolute atomic E-state index is 11.8. The van der Waals surface area contributed by atoms with E-state index in [2.05, 4.69) is 25.4 Å². The summed E-state index contributed by atoms with van der Waals surface area (Å²) in [6, 6.07) is 5.83. The monoisotopic (exact) mass is 372 g/mol. The summed E-state index contributed by atoms with van der Waals surface area (Å²) in [5, 5.41) is 11.3. The van der Waals surface area contributed by atoms with E-state index in [1.807, 2.05) is 25.1 Å². The summed E-state index contributed by atoms with van der Waals surface area (Å²) in [4.78, 5) is 20.1. The number of nitrogens with zero attached hydrogens (tertiary/aromatic N) is 5. The first-order chi connectivity index (χ1) is 13.1. The molecule has 2 aromatic rings. The molecule has 1 aliphatic rings. The van der Waals surface area contributed by atoms with Gasteiger partial charge in [0, 0.05) is 26.2 Å². The summed E-state index contributed by atoms with van der Waals surface area (Å²) in [6.45, 7) is 6.66. The van der Waals surface area contributed by atoms with Crippen molar-refractivity contribution in [3.8, 4) is 5.75 Å². The zero-order chi connectivity index (χ0) is 19.2. The molecule has 1 N–H and O–H groups in total. The molecule has 144 valence electrons. The minimum absolute atomic E-state index is 0.271. The quantitative estimate of drug-likeness (QED) is 0.854. The van der Waals surface area contributed by atoms with E-state index in [1.165, 1.54) is 0 Å². The highest BCUT2D eigenvalue weighted by atomic mass is 16.6. The van der Waals surface area contributed by atoms with Crippen molar-refractivity contribution in [3.05, 3.63) is 30.0 Å². The maximum Gasteiger partial charge on any atom is 0.409 e. The van der Waals surface area contributed by atoms with Crippen LogP contribution < -0.4 is 15.0 Å². The van der Waals surface area contributed by atoms with E-state index in [0.29, 0.717) is 50.3 Å². The Bertz CT molecular complexity index is 792. The van der Waals surface area contributed by atoms with Crippen LogP contribution in [0, 0.1) is 6.92 Å². The molecule has 1 aliphatic heterocycles. The molecule has 27 heavy (non-hydrogen) atoms. The second-order valence-electron chi connectivity index (χ2n) is 6.14. The van der Waals surface area contributed by atoms with Crippen LogP contribution in [0.2, 0.25) is 0 Å². The Hall–Kier alpha value is -3.10. The number of amides is 1. The lowest BCUT2D eigenvalue weighted by Gasteiger charge is -2.34. The van der Waals surface area contributed by atoms with Gasteiger partial charge in [0.25, 0.3) is 0 Å². The predicted molar refractivity (Wildman–Crippen MR) is 102 cm³/mol. The fourth-order valence-electron chi connectivity index (χ4n) is 2.87. The van der Waals surface area contributed by atoms with Crippen LogP contribution in [-0.4, -0.2) is 66.1 Å². The molecule has 1 fully saturated rings.